The molecule has 0 saturated heterocycles. The molecule has 0 aromatic heterocycles. The van der Waals surface area contributed by atoms with Crippen LogP contribution in [0.4, 0.5) is 0 Å². The summed E-state index contributed by atoms with van der Waals surface area (Å²) in [4.78, 5) is 27.2. The van der Waals surface area contributed by atoms with Gasteiger partial charge in [-0.3, -0.25) is 14.6 Å². The fourth-order valence-electron chi connectivity index (χ4n) is 3.30. The van der Waals surface area contributed by atoms with E-state index in [9.17, 15) is 9.59 Å². The van der Waals surface area contributed by atoms with Gasteiger partial charge < -0.3 is 21.9 Å². The van der Waals surface area contributed by atoms with Crippen molar-refractivity contribution in [3.63, 3.8) is 0 Å². The molecule has 0 aromatic rings. The fraction of sp³-hybridized carbons (Fsp3) is 0.864. The molecule has 7 nitrogen and oxygen atoms in total. The molecule has 1 atom stereocenters. The van der Waals surface area contributed by atoms with E-state index >= 15 is 0 Å². The van der Waals surface area contributed by atoms with Crippen LogP contribution in [0.25, 0.3) is 0 Å². The summed E-state index contributed by atoms with van der Waals surface area (Å²) in [5.74, 6) is -0.629. The van der Waals surface area contributed by atoms with E-state index in [1.54, 1.807) is 0 Å². The van der Waals surface area contributed by atoms with E-state index in [2.05, 4.69) is 11.9 Å². The van der Waals surface area contributed by atoms with Crippen LogP contribution in [0, 0.1) is 0 Å². The Labute approximate surface area is 177 Å². The van der Waals surface area contributed by atoms with Crippen LogP contribution in [-0.2, 0) is 14.3 Å². The summed E-state index contributed by atoms with van der Waals surface area (Å²) in [5, 5.41) is 0. The van der Waals surface area contributed by atoms with E-state index < -0.39 is 12.0 Å². The molecule has 170 valence electrons. The second-order valence-electron chi connectivity index (χ2n) is 7.87. The Bertz CT molecular complexity index is 451. The van der Waals surface area contributed by atoms with E-state index in [1.165, 1.54) is 51.4 Å². The van der Waals surface area contributed by atoms with Crippen molar-refractivity contribution in [2.75, 3.05) is 6.54 Å². The van der Waals surface area contributed by atoms with Crippen molar-refractivity contribution < 1.29 is 14.3 Å². The lowest BCUT2D eigenvalue weighted by Gasteiger charge is -2.16. The molecule has 0 bridgehead atoms. The zero-order valence-electron chi connectivity index (χ0n) is 18.5. The van der Waals surface area contributed by atoms with Crippen molar-refractivity contribution in [3.05, 3.63) is 0 Å². The molecule has 0 aromatic carbocycles. The van der Waals surface area contributed by atoms with Gasteiger partial charge in [0.2, 0.25) is 5.91 Å². The minimum absolute atomic E-state index is 0.0618. The summed E-state index contributed by atoms with van der Waals surface area (Å²) in [6.45, 7) is 2.77. The third-order valence-electron chi connectivity index (χ3n) is 4.94. The van der Waals surface area contributed by atoms with Gasteiger partial charge in [-0.25, -0.2) is 0 Å². The second kappa shape index (κ2) is 19.5. The number of nitrogens with two attached hydrogens (primary N) is 3. The highest BCUT2D eigenvalue weighted by atomic mass is 16.5. The number of ether oxygens (including phenoxy) is 1. The highest BCUT2D eigenvalue weighted by Gasteiger charge is 2.16. The number of unbranched alkanes of at least 4 members (excludes halogenated alkanes) is 11. The molecule has 1 amide bonds. The van der Waals surface area contributed by atoms with Crippen molar-refractivity contribution >= 4 is 17.8 Å². The molecule has 0 aliphatic carbocycles. The number of carbonyl (C=O) groups is 2. The first kappa shape index (κ1) is 27.2. The molecule has 0 heterocycles. The van der Waals surface area contributed by atoms with Crippen LogP contribution in [-0.4, -0.2) is 30.5 Å². The molecule has 29 heavy (non-hydrogen) atoms. The number of guanidine groups is 1. The molecule has 0 fully saturated rings. The average molecular weight is 413 g/mol. The number of carbonyl (C=O) groups excluding carboxylic acids is 2. The van der Waals surface area contributed by atoms with Gasteiger partial charge in [-0.05, 0) is 25.7 Å². The first-order valence-corrected chi connectivity index (χ1v) is 11.5. The van der Waals surface area contributed by atoms with Crippen molar-refractivity contribution in [3.8, 4) is 0 Å². The Kier molecular flexibility index (Phi) is 18.3. The maximum atomic E-state index is 12.0. The summed E-state index contributed by atoms with van der Waals surface area (Å²) in [7, 11) is 0. The molecule has 0 aliphatic rings. The Balaban J connectivity index is 3.77. The number of rotatable bonds is 20. The summed E-state index contributed by atoms with van der Waals surface area (Å²) in [6.07, 6.45) is 15.8. The minimum Gasteiger partial charge on any atom is -0.462 e. The van der Waals surface area contributed by atoms with E-state index in [1.807, 2.05) is 0 Å². The quantitative estimate of drug-likeness (QED) is 0.121. The molecule has 0 aliphatic heterocycles. The molecule has 0 spiro atoms. The first-order valence-electron chi connectivity index (χ1n) is 11.5. The normalized spacial score (nSPS) is 11.8. The molecule has 0 saturated carbocycles. The van der Waals surface area contributed by atoms with Gasteiger partial charge in [0.25, 0.3) is 0 Å². The molecular weight excluding hydrogens is 368 g/mol. The van der Waals surface area contributed by atoms with E-state index in [0.717, 1.165) is 32.1 Å². The van der Waals surface area contributed by atoms with Crippen molar-refractivity contribution in [2.45, 2.75) is 116 Å². The second-order valence-corrected chi connectivity index (χ2v) is 7.87. The van der Waals surface area contributed by atoms with Crippen LogP contribution in [0.2, 0.25) is 0 Å². The maximum absolute atomic E-state index is 12.0. The lowest BCUT2D eigenvalue weighted by Crippen LogP contribution is -2.25. The van der Waals surface area contributed by atoms with E-state index in [4.69, 9.17) is 21.9 Å². The van der Waals surface area contributed by atoms with Crippen molar-refractivity contribution in [1.82, 2.24) is 0 Å². The lowest BCUT2D eigenvalue weighted by molar-refractivity contribution is -0.150. The van der Waals surface area contributed by atoms with Crippen LogP contribution >= 0.6 is 0 Å². The van der Waals surface area contributed by atoms with Gasteiger partial charge in [-0.15, -0.1) is 0 Å². The largest absolute Gasteiger partial charge is 0.462 e. The number of aliphatic imine (C=N–C) groups is 1. The molecule has 0 rings (SSSR count). The van der Waals surface area contributed by atoms with Gasteiger partial charge in [0.1, 0.15) is 6.10 Å². The SMILES string of the molecule is CCCCCCCCCCCCCC(=O)OC(CCCCN=C(N)N)CC(N)=O. The van der Waals surface area contributed by atoms with Crippen LogP contribution in [0.1, 0.15) is 110 Å². The predicted molar refractivity (Wildman–Crippen MR) is 119 cm³/mol. The molecule has 7 heteroatoms. The zero-order chi connectivity index (χ0) is 21.7. The van der Waals surface area contributed by atoms with Gasteiger partial charge in [0.05, 0.1) is 6.42 Å². The number of nitrogens with zero attached hydrogens (tertiary/aromatic N) is 1. The predicted octanol–water partition coefficient (Wildman–Crippen LogP) is 3.92. The third kappa shape index (κ3) is 20.7. The smallest absolute Gasteiger partial charge is 0.306 e. The van der Waals surface area contributed by atoms with Crippen molar-refractivity contribution in [1.29, 1.82) is 0 Å². The standard InChI is InChI=1S/C22H44N4O3/c1-2-3-4-5-6-7-8-9-10-11-12-16-21(28)29-19(18-20(23)27)15-13-14-17-26-22(24)25/h19H,2-18H2,1H3,(H2,23,27)(H4,24,25,26). The van der Waals surface area contributed by atoms with Gasteiger partial charge in [0.15, 0.2) is 5.96 Å². The van der Waals surface area contributed by atoms with E-state index in [0.29, 0.717) is 19.4 Å². The summed E-state index contributed by atoms with van der Waals surface area (Å²) in [5.41, 5.74) is 15.8. The van der Waals surface area contributed by atoms with Crippen LogP contribution in [0.15, 0.2) is 4.99 Å². The molecular formula is C22H44N4O3. The van der Waals surface area contributed by atoms with E-state index in [-0.39, 0.29) is 18.3 Å². The average Bonchev–Trinajstić information content (AvgIpc) is 2.65. The molecule has 1 unspecified atom stereocenters. The van der Waals surface area contributed by atoms with Gasteiger partial charge in [0, 0.05) is 13.0 Å². The molecule has 0 radical (unpaired) electrons. The number of amides is 1. The Morgan fingerprint density at radius 3 is 1.86 bits per heavy atom. The first-order chi connectivity index (χ1) is 14.0. The van der Waals surface area contributed by atoms with Crippen LogP contribution in [0.5, 0.6) is 0 Å². The third-order valence-corrected chi connectivity index (χ3v) is 4.94. The zero-order valence-corrected chi connectivity index (χ0v) is 18.5. The summed E-state index contributed by atoms with van der Waals surface area (Å²) in [6, 6.07) is 0. The van der Waals surface area contributed by atoms with Crippen LogP contribution < -0.4 is 17.2 Å². The van der Waals surface area contributed by atoms with Crippen molar-refractivity contribution in [2.24, 2.45) is 22.2 Å². The Morgan fingerprint density at radius 1 is 0.793 bits per heavy atom. The summed E-state index contributed by atoms with van der Waals surface area (Å²) >= 11 is 0. The lowest BCUT2D eigenvalue weighted by atomic mass is 10.1. The fourth-order valence-corrected chi connectivity index (χ4v) is 3.30. The van der Waals surface area contributed by atoms with Gasteiger partial charge in [-0.2, -0.15) is 0 Å². The Morgan fingerprint density at radius 2 is 1.34 bits per heavy atom. The monoisotopic (exact) mass is 412 g/mol. The topological polar surface area (TPSA) is 134 Å². The van der Waals surface area contributed by atoms with Gasteiger partial charge in [-0.1, -0.05) is 71.1 Å². The molecule has 6 N–H and O–H groups in total. The Hall–Kier alpha value is -1.79. The number of hydrogen-bond acceptors (Lipinski definition) is 4. The number of esters is 1. The maximum Gasteiger partial charge on any atom is 0.306 e. The van der Waals surface area contributed by atoms with Gasteiger partial charge >= 0.3 is 5.97 Å². The minimum atomic E-state index is -0.457. The van der Waals surface area contributed by atoms with Crippen LogP contribution in [0.3, 0.4) is 0 Å². The highest BCUT2D eigenvalue weighted by Crippen LogP contribution is 2.14. The number of hydrogen-bond donors (Lipinski definition) is 3. The highest BCUT2D eigenvalue weighted by molar-refractivity contribution is 5.76. The number of primary amides is 1. The summed E-state index contributed by atoms with van der Waals surface area (Å²) < 4.78 is 5.46.